The van der Waals surface area contributed by atoms with Crippen molar-refractivity contribution in [2.75, 3.05) is 26.7 Å². The molecule has 1 aliphatic heterocycles. The zero-order chi connectivity index (χ0) is 12.8. The second-order valence-corrected chi connectivity index (χ2v) is 5.02. The maximum atomic E-state index is 10.1. The third-order valence-electron chi connectivity index (χ3n) is 3.70. The highest BCUT2D eigenvalue weighted by Gasteiger charge is 2.19. The number of nitrogens with zero attached hydrogens (tertiary/aromatic N) is 1. The minimum atomic E-state index is -0.353. The summed E-state index contributed by atoms with van der Waals surface area (Å²) in [4.78, 5) is 2.39. The van der Waals surface area contributed by atoms with E-state index in [1.807, 2.05) is 30.3 Å². The number of aliphatic hydroxyl groups excluding tert-OH is 1. The number of aliphatic hydroxyl groups is 1. The van der Waals surface area contributed by atoms with E-state index in [1.165, 1.54) is 6.42 Å². The molecule has 2 unspecified atom stereocenters. The highest BCUT2D eigenvalue weighted by atomic mass is 16.5. The fourth-order valence-corrected chi connectivity index (χ4v) is 2.56. The van der Waals surface area contributed by atoms with Gasteiger partial charge in [0.05, 0.1) is 12.2 Å². The predicted octanol–water partition coefficient (Wildman–Crippen LogP) is 2.22. The Morgan fingerprint density at radius 2 is 2.17 bits per heavy atom. The van der Waals surface area contributed by atoms with Crippen LogP contribution in [0.15, 0.2) is 30.3 Å². The lowest BCUT2D eigenvalue weighted by Crippen LogP contribution is -2.40. The van der Waals surface area contributed by atoms with E-state index in [0.29, 0.717) is 6.10 Å². The summed E-state index contributed by atoms with van der Waals surface area (Å²) in [6, 6.07) is 9.89. The zero-order valence-electron chi connectivity index (χ0n) is 11.1. The standard InChI is InChI=1S/C15H23NO2/c1-18-14-8-5-10-16(12-14)11-9-15(17)13-6-3-2-4-7-13/h2-4,6-7,14-15,17H,5,8-12H2,1H3. The molecule has 3 nitrogen and oxygen atoms in total. The molecule has 2 rings (SSSR count). The Morgan fingerprint density at radius 1 is 1.39 bits per heavy atom. The predicted molar refractivity (Wildman–Crippen MR) is 72.5 cm³/mol. The molecule has 0 radical (unpaired) electrons. The second-order valence-electron chi connectivity index (χ2n) is 5.02. The zero-order valence-corrected chi connectivity index (χ0v) is 11.1. The Morgan fingerprint density at radius 3 is 2.89 bits per heavy atom. The van der Waals surface area contributed by atoms with Gasteiger partial charge in [0, 0.05) is 20.2 Å². The molecule has 0 amide bonds. The Labute approximate surface area is 109 Å². The van der Waals surface area contributed by atoms with Crippen LogP contribution in [0.2, 0.25) is 0 Å². The van der Waals surface area contributed by atoms with Gasteiger partial charge in [0.25, 0.3) is 0 Å². The molecule has 3 heteroatoms. The number of likely N-dealkylation sites (tertiary alicyclic amines) is 1. The monoisotopic (exact) mass is 249 g/mol. The van der Waals surface area contributed by atoms with E-state index < -0.39 is 0 Å². The molecule has 1 N–H and O–H groups in total. The van der Waals surface area contributed by atoms with Crippen molar-refractivity contribution in [2.45, 2.75) is 31.5 Å². The molecule has 0 bridgehead atoms. The molecule has 1 heterocycles. The molecule has 2 atom stereocenters. The Bertz CT molecular complexity index is 342. The minimum Gasteiger partial charge on any atom is -0.388 e. The average molecular weight is 249 g/mol. The summed E-state index contributed by atoms with van der Waals surface area (Å²) in [5.74, 6) is 0. The van der Waals surface area contributed by atoms with Crippen LogP contribution in [0.1, 0.15) is 30.9 Å². The third kappa shape index (κ3) is 3.80. The number of hydrogen-bond acceptors (Lipinski definition) is 3. The van der Waals surface area contributed by atoms with E-state index in [9.17, 15) is 5.11 Å². The van der Waals surface area contributed by atoms with E-state index in [0.717, 1.165) is 38.0 Å². The van der Waals surface area contributed by atoms with Crippen LogP contribution in [0.4, 0.5) is 0 Å². The molecule has 1 aromatic carbocycles. The minimum absolute atomic E-state index is 0.353. The molecule has 0 aliphatic carbocycles. The van der Waals surface area contributed by atoms with E-state index >= 15 is 0 Å². The Hall–Kier alpha value is -0.900. The van der Waals surface area contributed by atoms with Gasteiger partial charge in [-0.05, 0) is 31.4 Å². The van der Waals surface area contributed by atoms with Crippen molar-refractivity contribution in [3.05, 3.63) is 35.9 Å². The van der Waals surface area contributed by atoms with Crippen molar-refractivity contribution in [2.24, 2.45) is 0 Å². The van der Waals surface area contributed by atoms with Gasteiger partial charge in [-0.25, -0.2) is 0 Å². The number of hydrogen-bond donors (Lipinski definition) is 1. The second kappa shape index (κ2) is 6.88. The van der Waals surface area contributed by atoms with Gasteiger partial charge in [-0.2, -0.15) is 0 Å². The maximum absolute atomic E-state index is 10.1. The number of ether oxygens (including phenoxy) is 1. The first-order valence-corrected chi connectivity index (χ1v) is 6.77. The number of piperidine rings is 1. The van der Waals surface area contributed by atoms with Gasteiger partial charge in [0.15, 0.2) is 0 Å². The van der Waals surface area contributed by atoms with Gasteiger partial charge >= 0.3 is 0 Å². The van der Waals surface area contributed by atoms with E-state index in [4.69, 9.17) is 4.74 Å². The van der Waals surface area contributed by atoms with Crippen molar-refractivity contribution in [3.63, 3.8) is 0 Å². The van der Waals surface area contributed by atoms with Gasteiger partial charge in [-0.15, -0.1) is 0 Å². The van der Waals surface area contributed by atoms with Gasteiger partial charge in [0.1, 0.15) is 0 Å². The summed E-state index contributed by atoms with van der Waals surface area (Å²) in [6.07, 6.45) is 3.16. The summed E-state index contributed by atoms with van der Waals surface area (Å²) in [5, 5.41) is 10.1. The molecular weight excluding hydrogens is 226 g/mol. The van der Waals surface area contributed by atoms with Gasteiger partial charge in [-0.3, -0.25) is 0 Å². The van der Waals surface area contributed by atoms with Crippen LogP contribution in [-0.2, 0) is 4.74 Å². The molecule has 1 aliphatic rings. The van der Waals surface area contributed by atoms with Crippen LogP contribution < -0.4 is 0 Å². The van der Waals surface area contributed by atoms with Crippen LogP contribution in [0, 0.1) is 0 Å². The number of rotatable bonds is 5. The van der Waals surface area contributed by atoms with Crippen LogP contribution in [-0.4, -0.2) is 42.9 Å². The fourth-order valence-electron chi connectivity index (χ4n) is 2.56. The van der Waals surface area contributed by atoms with E-state index in [-0.39, 0.29) is 6.10 Å². The number of methoxy groups -OCH3 is 1. The molecule has 0 saturated carbocycles. The first-order valence-electron chi connectivity index (χ1n) is 6.77. The smallest absolute Gasteiger partial charge is 0.0802 e. The van der Waals surface area contributed by atoms with Crippen molar-refractivity contribution in [1.82, 2.24) is 4.90 Å². The summed E-state index contributed by atoms with van der Waals surface area (Å²) >= 11 is 0. The highest BCUT2D eigenvalue weighted by molar-refractivity contribution is 5.17. The fraction of sp³-hybridized carbons (Fsp3) is 0.600. The van der Waals surface area contributed by atoms with Crippen LogP contribution >= 0.6 is 0 Å². The molecule has 0 aromatic heterocycles. The summed E-state index contributed by atoms with van der Waals surface area (Å²) in [5.41, 5.74) is 1.01. The largest absolute Gasteiger partial charge is 0.388 e. The quantitative estimate of drug-likeness (QED) is 0.868. The molecule has 1 fully saturated rings. The highest BCUT2D eigenvalue weighted by Crippen LogP contribution is 2.18. The summed E-state index contributed by atoms with van der Waals surface area (Å²) < 4.78 is 5.41. The molecule has 1 aromatic rings. The third-order valence-corrected chi connectivity index (χ3v) is 3.70. The summed E-state index contributed by atoms with van der Waals surface area (Å²) in [7, 11) is 1.78. The van der Waals surface area contributed by atoms with Crippen LogP contribution in [0.3, 0.4) is 0 Å². The van der Waals surface area contributed by atoms with Gasteiger partial charge < -0.3 is 14.7 Å². The Kier molecular flexibility index (Phi) is 5.17. The number of benzene rings is 1. The van der Waals surface area contributed by atoms with Crippen molar-refractivity contribution < 1.29 is 9.84 Å². The lowest BCUT2D eigenvalue weighted by atomic mass is 10.0. The molecule has 100 valence electrons. The normalized spacial score (nSPS) is 22.9. The van der Waals surface area contributed by atoms with Gasteiger partial charge in [-0.1, -0.05) is 30.3 Å². The van der Waals surface area contributed by atoms with Crippen molar-refractivity contribution in [3.8, 4) is 0 Å². The van der Waals surface area contributed by atoms with Crippen LogP contribution in [0.5, 0.6) is 0 Å². The van der Waals surface area contributed by atoms with Crippen LogP contribution in [0.25, 0.3) is 0 Å². The molecule has 0 spiro atoms. The van der Waals surface area contributed by atoms with Crippen molar-refractivity contribution in [1.29, 1.82) is 0 Å². The maximum Gasteiger partial charge on any atom is 0.0802 e. The van der Waals surface area contributed by atoms with Gasteiger partial charge in [0.2, 0.25) is 0 Å². The van der Waals surface area contributed by atoms with E-state index in [1.54, 1.807) is 7.11 Å². The first kappa shape index (κ1) is 13.5. The Balaban J connectivity index is 1.77. The first-order chi connectivity index (χ1) is 8.79. The summed E-state index contributed by atoms with van der Waals surface area (Å²) in [6.45, 7) is 3.06. The average Bonchev–Trinajstić information content (AvgIpc) is 2.46. The molecule has 18 heavy (non-hydrogen) atoms. The topological polar surface area (TPSA) is 32.7 Å². The lowest BCUT2D eigenvalue weighted by molar-refractivity contribution is 0.0255. The SMILES string of the molecule is COC1CCCN(CCC(O)c2ccccc2)C1. The molecule has 1 saturated heterocycles. The molecular formula is C15H23NO2. The lowest BCUT2D eigenvalue weighted by Gasteiger charge is -2.32. The van der Waals surface area contributed by atoms with Crippen molar-refractivity contribution >= 4 is 0 Å². The van der Waals surface area contributed by atoms with E-state index in [2.05, 4.69) is 4.90 Å².